The topological polar surface area (TPSA) is 67.7 Å². The van der Waals surface area contributed by atoms with Crippen molar-refractivity contribution in [2.75, 3.05) is 18.4 Å². The van der Waals surface area contributed by atoms with E-state index in [4.69, 9.17) is 0 Å². The molecule has 1 aliphatic heterocycles. The van der Waals surface area contributed by atoms with Crippen molar-refractivity contribution in [2.45, 2.75) is 12.5 Å². The molecule has 6 heteroatoms. The summed E-state index contributed by atoms with van der Waals surface area (Å²) < 4.78 is 1.90. The third kappa shape index (κ3) is 1.51. The van der Waals surface area contributed by atoms with E-state index in [0.29, 0.717) is 6.04 Å². The fourth-order valence-electron chi connectivity index (χ4n) is 2.02. The van der Waals surface area contributed by atoms with Crippen LogP contribution in [0.25, 0.3) is 11.2 Å². The molecule has 16 heavy (non-hydrogen) atoms. The number of aromatic nitrogens is 4. The Labute approximate surface area is 93.1 Å². The third-order valence-corrected chi connectivity index (χ3v) is 2.90. The van der Waals surface area contributed by atoms with Gasteiger partial charge in [0.05, 0.1) is 6.33 Å². The van der Waals surface area contributed by atoms with Gasteiger partial charge < -0.3 is 15.2 Å². The smallest absolute Gasteiger partial charge is 0.165 e. The van der Waals surface area contributed by atoms with Crippen molar-refractivity contribution in [2.24, 2.45) is 7.05 Å². The second-order valence-electron chi connectivity index (χ2n) is 4.08. The lowest BCUT2D eigenvalue weighted by Crippen LogP contribution is -2.22. The minimum atomic E-state index is 0.445. The van der Waals surface area contributed by atoms with Gasteiger partial charge in [0.2, 0.25) is 0 Å². The number of fused-ring (bicyclic) bond motifs is 1. The Morgan fingerprint density at radius 3 is 3.19 bits per heavy atom. The Bertz CT molecular complexity index is 499. The Kier molecular flexibility index (Phi) is 2.21. The highest BCUT2D eigenvalue weighted by Gasteiger charge is 2.16. The van der Waals surface area contributed by atoms with E-state index in [9.17, 15) is 0 Å². The van der Waals surface area contributed by atoms with Gasteiger partial charge in [-0.1, -0.05) is 0 Å². The number of imidazole rings is 1. The van der Waals surface area contributed by atoms with Crippen LogP contribution in [0.3, 0.4) is 0 Å². The number of hydrogen-bond acceptors (Lipinski definition) is 5. The van der Waals surface area contributed by atoms with Crippen molar-refractivity contribution in [3.8, 4) is 0 Å². The van der Waals surface area contributed by atoms with Gasteiger partial charge in [0.1, 0.15) is 11.8 Å². The number of nitrogens with zero attached hydrogens (tertiary/aromatic N) is 4. The first kappa shape index (κ1) is 9.53. The predicted octanol–water partition coefficient (Wildman–Crippen LogP) is 0.137. The quantitative estimate of drug-likeness (QED) is 0.750. The maximum Gasteiger partial charge on any atom is 0.165 e. The minimum absolute atomic E-state index is 0.445. The first-order valence-corrected chi connectivity index (χ1v) is 5.44. The molecule has 0 radical (unpaired) electrons. The molecule has 1 unspecified atom stereocenters. The van der Waals surface area contributed by atoms with Gasteiger partial charge in [-0.25, -0.2) is 15.0 Å². The Balaban J connectivity index is 1.96. The van der Waals surface area contributed by atoms with Crippen LogP contribution in [0.1, 0.15) is 6.42 Å². The van der Waals surface area contributed by atoms with Crippen LogP contribution < -0.4 is 10.6 Å². The van der Waals surface area contributed by atoms with Crippen LogP contribution in [0.15, 0.2) is 12.7 Å². The summed E-state index contributed by atoms with van der Waals surface area (Å²) in [6.45, 7) is 2.05. The highest BCUT2D eigenvalue weighted by Crippen LogP contribution is 2.18. The predicted molar refractivity (Wildman–Crippen MR) is 61.2 cm³/mol. The largest absolute Gasteiger partial charge is 0.364 e. The zero-order chi connectivity index (χ0) is 11.0. The second-order valence-corrected chi connectivity index (χ2v) is 4.08. The van der Waals surface area contributed by atoms with Crippen LogP contribution in [0, 0.1) is 0 Å². The maximum absolute atomic E-state index is 4.32. The lowest BCUT2D eigenvalue weighted by atomic mass is 10.2. The molecule has 0 amide bonds. The average Bonchev–Trinajstić information content (AvgIpc) is 2.90. The standard InChI is InChI=1S/C10H14N6/c1-16-6-14-8-9(12-5-13-10(8)16)15-7-2-3-11-4-7/h5-7,11H,2-4H2,1H3,(H,12,13,15). The average molecular weight is 218 g/mol. The van der Waals surface area contributed by atoms with Gasteiger partial charge in [-0.05, 0) is 13.0 Å². The Morgan fingerprint density at radius 2 is 2.38 bits per heavy atom. The summed E-state index contributed by atoms with van der Waals surface area (Å²) in [7, 11) is 1.93. The van der Waals surface area contributed by atoms with Gasteiger partial charge in [0.25, 0.3) is 0 Å². The summed E-state index contributed by atoms with van der Waals surface area (Å²) >= 11 is 0. The SMILES string of the molecule is Cn1cnc2c(NC3CCNC3)ncnc21. The Morgan fingerprint density at radius 1 is 1.44 bits per heavy atom. The van der Waals surface area contributed by atoms with Crippen LogP contribution in [0.5, 0.6) is 0 Å². The van der Waals surface area contributed by atoms with Crippen molar-refractivity contribution in [1.82, 2.24) is 24.8 Å². The molecule has 0 bridgehead atoms. The van der Waals surface area contributed by atoms with Gasteiger partial charge in [-0.2, -0.15) is 0 Å². The van der Waals surface area contributed by atoms with Crippen LogP contribution >= 0.6 is 0 Å². The molecule has 1 aliphatic rings. The molecule has 0 aliphatic carbocycles. The molecule has 1 fully saturated rings. The van der Waals surface area contributed by atoms with Gasteiger partial charge in [-0.3, -0.25) is 0 Å². The molecule has 2 N–H and O–H groups in total. The van der Waals surface area contributed by atoms with Crippen molar-refractivity contribution in [1.29, 1.82) is 0 Å². The van der Waals surface area contributed by atoms with Crippen LogP contribution in [-0.4, -0.2) is 38.7 Å². The van der Waals surface area contributed by atoms with Gasteiger partial charge >= 0.3 is 0 Å². The van der Waals surface area contributed by atoms with E-state index in [-0.39, 0.29) is 0 Å². The summed E-state index contributed by atoms with van der Waals surface area (Å²) in [4.78, 5) is 12.8. The summed E-state index contributed by atoms with van der Waals surface area (Å²) in [6, 6.07) is 0.445. The molecule has 6 nitrogen and oxygen atoms in total. The molecular weight excluding hydrogens is 204 g/mol. The van der Waals surface area contributed by atoms with E-state index in [1.54, 1.807) is 12.7 Å². The van der Waals surface area contributed by atoms with E-state index in [0.717, 1.165) is 36.5 Å². The molecule has 0 spiro atoms. The fraction of sp³-hybridized carbons (Fsp3) is 0.500. The Hall–Kier alpha value is -1.69. The molecule has 1 saturated heterocycles. The maximum atomic E-state index is 4.32. The monoisotopic (exact) mass is 218 g/mol. The molecule has 3 heterocycles. The van der Waals surface area contributed by atoms with Gasteiger partial charge in [0.15, 0.2) is 11.5 Å². The van der Waals surface area contributed by atoms with Crippen LogP contribution in [0.4, 0.5) is 5.82 Å². The summed E-state index contributed by atoms with van der Waals surface area (Å²) in [6.07, 6.45) is 4.46. The number of aryl methyl sites for hydroxylation is 1. The highest BCUT2D eigenvalue weighted by molar-refractivity contribution is 5.82. The minimum Gasteiger partial charge on any atom is -0.364 e. The highest BCUT2D eigenvalue weighted by atomic mass is 15.1. The number of rotatable bonds is 2. The normalized spacial score (nSPS) is 20.4. The number of anilines is 1. The van der Waals surface area contributed by atoms with Crippen molar-refractivity contribution < 1.29 is 0 Å². The molecule has 2 aromatic rings. The van der Waals surface area contributed by atoms with E-state index in [1.807, 2.05) is 11.6 Å². The van der Waals surface area contributed by atoms with Crippen LogP contribution in [-0.2, 0) is 7.05 Å². The van der Waals surface area contributed by atoms with E-state index >= 15 is 0 Å². The molecule has 0 aromatic carbocycles. The zero-order valence-electron chi connectivity index (χ0n) is 9.14. The molecule has 1 atom stereocenters. The van der Waals surface area contributed by atoms with Crippen molar-refractivity contribution in [3.63, 3.8) is 0 Å². The van der Waals surface area contributed by atoms with E-state index in [1.165, 1.54) is 0 Å². The van der Waals surface area contributed by atoms with E-state index in [2.05, 4.69) is 25.6 Å². The van der Waals surface area contributed by atoms with Gasteiger partial charge in [0, 0.05) is 19.6 Å². The molecular formula is C10H14N6. The van der Waals surface area contributed by atoms with Crippen LogP contribution in [0.2, 0.25) is 0 Å². The van der Waals surface area contributed by atoms with Crippen molar-refractivity contribution in [3.05, 3.63) is 12.7 Å². The number of nitrogens with one attached hydrogen (secondary N) is 2. The molecule has 3 rings (SSSR count). The first-order valence-electron chi connectivity index (χ1n) is 5.44. The molecule has 0 saturated carbocycles. The first-order chi connectivity index (χ1) is 7.84. The summed E-state index contributed by atoms with van der Waals surface area (Å²) in [5.74, 6) is 0.833. The van der Waals surface area contributed by atoms with Crippen molar-refractivity contribution >= 4 is 17.0 Å². The summed E-state index contributed by atoms with van der Waals surface area (Å²) in [5.41, 5.74) is 1.71. The number of hydrogen-bond donors (Lipinski definition) is 2. The second kappa shape index (κ2) is 3.71. The lowest BCUT2D eigenvalue weighted by Gasteiger charge is -2.11. The molecule has 84 valence electrons. The fourth-order valence-corrected chi connectivity index (χ4v) is 2.02. The van der Waals surface area contributed by atoms with Gasteiger partial charge in [-0.15, -0.1) is 0 Å². The molecule has 2 aromatic heterocycles. The lowest BCUT2D eigenvalue weighted by molar-refractivity contribution is 0.788. The summed E-state index contributed by atoms with van der Waals surface area (Å²) in [5, 5.41) is 6.72. The zero-order valence-corrected chi connectivity index (χ0v) is 9.14. The third-order valence-electron chi connectivity index (χ3n) is 2.90. The van der Waals surface area contributed by atoms with E-state index < -0.39 is 0 Å².